The maximum atomic E-state index is 12.8. The van der Waals surface area contributed by atoms with Gasteiger partial charge < -0.3 is 5.32 Å². The van der Waals surface area contributed by atoms with E-state index < -0.39 is 17.6 Å². The van der Waals surface area contributed by atoms with E-state index in [2.05, 4.69) is 10.5 Å². The van der Waals surface area contributed by atoms with Crippen molar-refractivity contribution in [2.24, 2.45) is 5.18 Å². The van der Waals surface area contributed by atoms with Gasteiger partial charge in [0, 0.05) is 28.5 Å². The van der Waals surface area contributed by atoms with E-state index in [1.54, 1.807) is 0 Å². The number of anilines is 1. The topological polar surface area (TPSA) is 58.5 Å². The summed E-state index contributed by atoms with van der Waals surface area (Å²) in [5, 5.41) is 4.85. The van der Waals surface area contributed by atoms with Gasteiger partial charge in [-0.05, 0) is 18.2 Å². The molecular formula is C11H7F3N2O2. The SMILES string of the molecule is O=NC(=O)C1=Cc2c(cccc2C(F)(F)F)NC1. The molecule has 94 valence electrons. The molecule has 1 amide bonds. The third-order valence-corrected chi connectivity index (χ3v) is 2.56. The van der Waals surface area contributed by atoms with Crippen LogP contribution in [0.5, 0.6) is 0 Å². The summed E-state index contributed by atoms with van der Waals surface area (Å²) < 4.78 is 38.3. The number of fused-ring (bicyclic) bond motifs is 1. The molecule has 0 saturated carbocycles. The van der Waals surface area contributed by atoms with E-state index in [-0.39, 0.29) is 23.4 Å². The van der Waals surface area contributed by atoms with Crippen molar-refractivity contribution in [3.63, 3.8) is 0 Å². The van der Waals surface area contributed by atoms with Gasteiger partial charge >= 0.3 is 12.1 Å². The van der Waals surface area contributed by atoms with Gasteiger partial charge in [-0.1, -0.05) is 6.07 Å². The summed E-state index contributed by atoms with van der Waals surface area (Å²) in [5.74, 6) is -1.06. The number of amides is 1. The van der Waals surface area contributed by atoms with Gasteiger partial charge in [0.05, 0.1) is 5.56 Å². The second-order valence-electron chi connectivity index (χ2n) is 3.68. The second kappa shape index (κ2) is 4.25. The van der Waals surface area contributed by atoms with E-state index in [1.165, 1.54) is 12.1 Å². The number of alkyl halides is 3. The number of carbonyl (C=O) groups is 1. The highest BCUT2D eigenvalue weighted by atomic mass is 19.4. The zero-order valence-corrected chi connectivity index (χ0v) is 8.91. The number of benzene rings is 1. The van der Waals surface area contributed by atoms with E-state index in [1.807, 2.05) is 0 Å². The number of nitrogens with one attached hydrogen (secondary N) is 1. The lowest BCUT2D eigenvalue weighted by Crippen LogP contribution is -2.18. The fraction of sp³-hybridized carbons (Fsp3) is 0.182. The zero-order chi connectivity index (χ0) is 13.3. The van der Waals surface area contributed by atoms with E-state index in [0.29, 0.717) is 0 Å². The van der Waals surface area contributed by atoms with Crippen LogP contribution in [0.1, 0.15) is 11.1 Å². The monoisotopic (exact) mass is 256 g/mol. The van der Waals surface area contributed by atoms with Crippen LogP contribution < -0.4 is 5.32 Å². The number of hydrogen-bond acceptors (Lipinski definition) is 3. The molecule has 1 aliphatic rings. The highest BCUT2D eigenvalue weighted by Crippen LogP contribution is 2.37. The van der Waals surface area contributed by atoms with E-state index in [0.717, 1.165) is 12.1 Å². The molecule has 1 heterocycles. The maximum Gasteiger partial charge on any atom is 0.417 e. The van der Waals surface area contributed by atoms with Gasteiger partial charge in [0.25, 0.3) is 0 Å². The minimum absolute atomic E-state index is 0.0150. The Morgan fingerprint density at radius 1 is 1.33 bits per heavy atom. The quantitative estimate of drug-likeness (QED) is 0.786. The van der Waals surface area contributed by atoms with Crippen LogP contribution in [-0.2, 0) is 11.0 Å². The molecule has 18 heavy (non-hydrogen) atoms. The molecule has 1 aliphatic heterocycles. The van der Waals surface area contributed by atoms with Crippen LogP contribution in [0.25, 0.3) is 6.08 Å². The molecule has 0 spiro atoms. The van der Waals surface area contributed by atoms with Gasteiger partial charge in [-0.2, -0.15) is 13.2 Å². The van der Waals surface area contributed by atoms with Crippen molar-refractivity contribution in [3.05, 3.63) is 39.8 Å². The Hall–Kier alpha value is -2.18. The van der Waals surface area contributed by atoms with Gasteiger partial charge in [-0.25, -0.2) is 0 Å². The Morgan fingerprint density at radius 3 is 2.67 bits per heavy atom. The van der Waals surface area contributed by atoms with Crippen molar-refractivity contribution >= 4 is 17.7 Å². The molecule has 2 rings (SSSR count). The molecule has 0 aromatic heterocycles. The standard InChI is InChI=1S/C11H7F3N2O2/c12-11(13,14)8-2-1-3-9-7(8)4-6(5-15-9)10(17)16-18/h1-4,15H,5H2. The first kappa shape index (κ1) is 12.3. The van der Waals surface area contributed by atoms with Crippen LogP contribution in [0.4, 0.5) is 18.9 Å². The minimum atomic E-state index is -4.52. The fourth-order valence-corrected chi connectivity index (χ4v) is 1.73. The Kier molecular flexibility index (Phi) is 2.90. The first-order valence-corrected chi connectivity index (χ1v) is 4.96. The molecule has 7 heteroatoms. The van der Waals surface area contributed by atoms with Gasteiger partial charge in [-0.3, -0.25) is 4.79 Å². The molecule has 0 fully saturated rings. The lowest BCUT2D eigenvalue weighted by atomic mass is 9.98. The van der Waals surface area contributed by atoms with Crippen molar-refractivity contribution < 1.29 is 18.0 Å². The van der Waals surface area contributed by atoms with Crippen molar-refractivity contribution in [1.82, 2.24) is 0 Å². The van der Waals surface area contributed by atoms with Crippen LogP contribution in [0, 0.1) is 4.91 Å². The second-order valence-corrected chi connectivity index (χ2v) is 3.68. The smallest absolute Gasteiger partial charge is 0.380 e. The van der Waals surface area contributed by atoms with Crippen molar-refractivity contribution in [2.45, 2.75) is 6.18 Å². The predicted octanol–water partition coefficient (Wildman–Crippen LogP) is 2.81. The summed E-state index contributed by atoms with van der Waals surface area (Å²) in [6, 6.07) is 3.66. The third kappa shape index (κ3) is 2.11. The largest absolute Gasteiger partial charge is 0.417 e. The normalized spacial score (nSPS) is 14.3. The summed E-state index contributed by atoms with van der Waals surface area (Å²) in [5.41, 5.74) is -0.826. The molecule has 0 bridgehead atoms. The van der Waals surface area contributed by atoms with Gasteiger partial charge in [-0.15, -0.1) is 4.91 Å². The number of hydrogen-bond donors (Lipinski definition) is 1. The molecule has 1 aromatic rings. The Balaban J connectivity index is 2.57. The molecule has 0 unspecified atom stereocenters. The number of halogens is 3. The Labute approximate surface area is 99.5 Å². The van der Waals surface area contributed by atoms with Crippen LogP contribution in [0.3, 0.4) is 0 Å². The number of nitroso groups, excluding NO2 is 1. The molecular weight excluding hydrogens is 249 g/mol. The summed E-state index contributed by atoms with van der Waals surface area (Å²) in [4.78, 5) is 21.2. The summed E-state index contributed by atoms with van der Waals surface area (Å²) in [6.45, 7) is -0.0150. The van der Waals surface area contributed by atoms with Crippen LogP contribution in [0.2, 0.25) is 0 Å². The summed E-state index contributed by atoms with van der Waals surface area (Å²) in [7, 11) is 0. The lowest BCUT2D eigenvalue weighted by molar-refractivity contribution is -0.137. The molecule has 0 radical (unpaired) electrons. The van der Waals surface area contributed by atoms with Crippen molar-refractivity contribution in [3.8, 4) is 0 Å². The van der Waals surface area contributed by atoms with Crippen LogP contribution in [-0.4, -0.2) is 12.5 Å². The van der Waals surface area contributed by atoms with Gasteiger partial charge in [0.15, 0.2) is 0 Å². The van der Waals surface area contributed by atoms with E-state index in [9.17, 15) is 22.9 Å². The molecule has 0 saturated heterocycles. The highest BCUT2D eigenvalue weighted by molar-refractivity contribution is 6.01. The van der Waals surface area contributed by atoms with Crippen molar-refractivity contribution in [2.75, 3.05) is 11.9 Å². The summed E-state index contributed by atoms with van der Waals surface area (Å²) in [6.07, 6.45) is -3.47. The molecule has 1 aromatic carbocycles. The van der Waals surface area contributed by atoms with Gasteiger partial charge in [0.1, 0.15) is 0 Å². The molecule has 0 aliphatic carbocycles. The average molecular weight is 256 g/mol. The summed E-state index contributed by atoms with van der Waals surface area (Å²) >= 11 is 0. The van der Waals surface area contributed by atoms with Crippen LogP contribution in [0.15, 0.2) is 28.9 Å². The number of nitrogens with zero attached hydrogens (tertiary/aromatic N) is 1. The van der Waals surface area contributed by atoms with Gasteiger partial charge in [0.2, 0.25) is 0 Å². The average Bonchev–Trinajstić information content (AvgIpc) is 2.35. The first-order valence-electron chi connectivity index (χ1n) is 4.96. The highest BCUT2D eigenvalue weighted by Gasteiger charge is 2.34. The van der Waals surface area contributed by atoms with E-state index in [4.69, 9.17) is 0 Å². The van der Waals surface area contributed by atoms with Crippen molar-refractivity contribution in [1.29, 1.82) is 0 Å². The number of carbonyl (C=O) groups excluding carboxylic acids is 1. The van der Waals surface area contributed by atoms with E-state index >= 15 is 0 Å². The first-order chi connectivity index (χ1) is 8.43. The maximum absolute atomic E-state index is 12.8. The van der Waals surface area contributed by atoms with Crippen LogP contribution >= 0.6 is 0 Å². The zero-order valence-electron chi connectivity index (χ0n) is 8.91. The number of rotatable bonds is 1. The lowest BCUT2D eigenvalue weighted by Gasteiger charge is -2.20. The molecule has 1 N–H and O–H groups in total. The minimum Gasteiger partial charge on any atom is -0.380 e. The fourth-order valence-electron chi connectivity index (χ4n) is 1.73. The predicted molar refractivity (Wildman–Crippen MR) is 58.7 cm³/mol. The molecule has 0 atom stereocenters. The Bertz CT molecular complexity index is 550. The third-order valence-electron chi connectivity index (χ3n) is 2.56. The Morgan fingerprint density at radius 2 is 2.06 bits per heavy atom. The molecule has 4 nitrogen and oxygen atoms in total.